The lowest BCUT2D eigenvalue weighted by Gasteiger charge is -2.29. The van der Waals surface area contributed by atoms with E-state index < -0.39 is 0 Å². The molecular weight excluding hydrogens is 392 g/mol. The molecule has 2 aliphatic heterocycles. The van der Waals surface area contributed by atoms with Gasteiger partial charge in [0.05, 0.1) is 17.6 Å². The Balaban J connectivity index is 1.24. The van der Waals surface area contributed by atoms with E-state index in [2.05, 4.69) is 49.7 Å². The van der Waals surface area contributed by atoms with Crippen LogP contribution in [0.15, 0.2) is 54.6 Å². The lowest BCUT2D eigenvalue weighted by Crippen LogP contribution is -2.35. The molecule has 0 radical (unpaired) electrons. The molecule has 0 spiro atoms. The Kier molecular flexibility index (Phi) is 4.33. The maximum absolute atomic E-state index is 6.04. The molecule has 0 amide bonds. The summed E-state index contributed by atoms with van der Waals surface area (Å²) >= 11 is 0. The summed E-state index contributed by atoms with van der Waals surface area (Å²) in [5, 5.41) is 11.9. The SMILES string of the molecule is c1ccc(CN2CCc3[nH]nc4nc(NCC5COc6ccccc6O5)nc2c34)cc1. The fraction of sp³-hybridized carbons (Fsp3) is 0.261. The second-order valence-corrected chi connectivity index (χ2v) is 7.81. The van der Waals surface area contributed by atoms with E-state index in [1.54, 1.807) is 0 Å². The maximum atomic E-state index is 6.04. The first-order valence-electron chi connectivity index (χ1n) is 10.5. The molecule has 2 N–H and O–H groups in total. The minimum atomic E-state index is -0.124. The van der Waals surface area contributed by atoms with Crippen molar-refractivity contribution in [3.05, 3.63) is 65.9 Å². The summed E-state index contributed by atoms with van der Waals surface area (Å²) in [6.45, 7) is 2.69. The first-order valence-corrected chi connectivity index (χ1v) is 10.5. The molecule has 4 heterocycles. The predicted molar refractivity (Wildman–Crippen MR) is 118 cm³/mol. The molecule has 0 fully saturated rings. The monoisotopic (exact) mass is 414 g/mol. The van der Waals surface area contributed by atoms with Gasteiger partial charge in [-0.3, -0.25) is 5.10 Å². The van der Waals surface area contributed by atoms with Crippen molar-refractivity contribution in [1.82, 2.24) is 20.2 Å². The molecule has 0 bridgehead atoms. The molecule has 2 aromatic heterocycles. The average Bonchev–Trinajstić information content (AvgIpc) is 3.24. The van der Waals surface area contributed by atoms with Gasteiger partial charge in [0.15, 0.2) is 17.1 Å². The normalized spacial score (nSPS) is 17.0. The standard InChI is InChI=1S/C23H22N6O2/c1-2-6-15(7-3-1)13-29-11-10-17-20-21(28-27-17)25-23(26-22(20)29)24-12-16-14-30-18-8-4-5-9-19(18)31-16/h1-9,16H,10-14H2,(H2,24,25,26,27,28). The summed E-state index contributed by atoms with van der Waals surface area (Å²) in [4.78, 5) is 11.8. The summed E-state index contributed by atoms with van der Waals surface area (Å²) in [5.74, 6) is 3.00. The average molecular weight is 414 g/mol. The Labute approximate surface area is 179 Å². The molecular formula is C23H22N6O2. The number of nitrogens with one attached hydrogen (secondary N) is 2. The van der Waals surface area contributed by atoms with Crippen molar-refractivity contribution < 1.29 is 9.47 Å². The minimum Gasteiger partial charge on any atom is -0.486 e. The Hall–Kier alpha value is -3.81. The number of aromatic amines is 1. The first-order chi connectivity index (χ1) is 15.3. The van der Waals surface area contributed by atoms with Gasteiger partial charge in [-0.15, -0.1) is 0 Å². The van der Waals surface area contributed by atoms with Crippen LogP contribution in [-0.4, -0.2) is 46.0 Å². The number of fused-ring (bicyclic) bond motifs is 1. The van der Waals surface area contributed by atoms with E-state index >= 15 is 0 Å². The number of hydrogen-bond acceptors (Lipinski definition) is 7. The zero-order chi connectivity index (χ0) is 20.6. The molecule has 0 aliphatic carbocycles. The molecule has 156 valence electrons. The third-order valence-electron chi connectivity index (χ3n) is 5.67. The van der Waals surface area contributed by atoms with Gasteiger partial charge in [-0.05, 0) is 17.7 Å². The van der Waals surface area contributed by atoms with Gasteiger partial charge < -0.3 is 19.7 Å². The van der Waals surface area contributed by atoms with Gasteiger partial charge in [0.25, 0.3) is 0 Å². The molecule has 0 saturated carbocycles. The fourth-order valence-corrected chi connectivity index (χ4v) is 4.13. The van der Waals surface area contributed by atoms with Crippen LogP contribution in [0.4, 0.5) is 11.8 Å². The van der Waals surface area contributed by atoms with Crippen molar-refractivity contribution in [3.8, 4) is 11.5 Å². The maximum Gasteiger partial charge on any atom is 0.226 e. The topological polar surface area (TPSA) is 88.2 Å². The lowest BCUT2D eigenvalue weighted by molar-refractivity contribution is 0.0996. The third-order valence-corrected chi connectivity index (χ3v) is 5.67. The van der Waals surface area contributed by atoms with E-state index in [-0.39, 0.29) is 6.10 Å². The van der Waals surface area contributed by atoms with Gasteiger partial charge in [0.2, 0.25) is 5.95 Å². The van der Waals surface area contributed by atoms with E-state index in [9.17, 15) is 0 Å². The Morgan fingerprint density at radius 2 is 1.87 bits per heavy atom. The number of aromatic nitrogens is 4. The van der Waals surface area contributed by atoms with Crippen LogP contribution < -0.4 is 19.7 Å². The number of para-hydroxylation sites is 2. The molecule has 31 heavy (non-hydrogen) atoms. The van der Waals surface area contributed by atoms with Crippen molar-refractivity contribution in [3.63, 3.8) is 0 Å². The fourth-order valence-electron chi connectivity index (χ4n) is 4.13. The lowest BCUT2D eigenvalue weighted by atomic mass is 10.1. The van der Waals surface area contributed by atoms with E-state index in [0.29, 0.717) is 24.7 Å². The highest BCUT2D eigenvalue weighted by atomic mass is 16.6. The van der Waals surface area contributed by atoms with Crippen LogP contribution in [0.5, 0.6) is 11.5 Å². The Morgan fingerprint density at radius 1 is 1.03 bits per heavy atom. The van der Waals surface area contributed by atoms with Crippen LogP contribution >= 0.6 is 0 Å². The number of ether oxygens (including phenoxy) is 2. The molecule has 6 rings (SSSR count). The highest BCUT2D eigenvalue weighted by molar-refractivity contribution is 5.91. The van der Waals surface area contributed by atoms with Crippen molar-refractivity contribution in [2.75, 3.05) is 29.9 Å². The molecule has 8 heteroatoms. The number of benzene rings is 2. The number of hydrogen-bond donors (Lipinski definition) is 2. The van der Waals surface area contributed by atoms with Gasteiger partial charge in [-0.25, -0.2) is 0 Å². The van der Waals surface area contributed by atoms with Gasteiger partial charge in [-0.1, -0.05) is 42.5 Å². The van der Waals surface area contributed by atoms with Crippen LogP contribution in [0.3, 0.4) is 0 Å². The number of rotatable bonds is 5. The summed E-state index contributed by atoms with van der Waals surface area (Å²) in [6.07, 6.45) is 0.778. The van der Waals surface area contributed by atoms with Crippen molar-refractivity contribution >= 4 is 22.8 Å². The Morgan fingerprint density at radius 3 is 2.77 bits per heavy atom. The quantitative estimate of drug-likeness (QED) is 0.519. The van der Waals surface area contributed by atoms with E-state index in [1.807, 2.05) is 30.3 Å². The molecule has 0 saturated heterocycles. The van der Waals surface area contributed by atoms with Gasteiger partial charge >= 0.3 is 0 Å². The van der Waals surface area contributed by atoms with Crippen LogP contribution in [-0.2, 0) is 13.0 Å². The second kappa shape index (κ2) is 7.46. The zero-order valence-electron chi connectivity index (χ0n) is 16.9. The van der Waals surface area contributed by atoms with Crippen molar-refractivity contribution in [1.29, 1.82) is 0 Å². The molecule has 8 nitrogen and oxygen atoms in total. The van der Waals surface area contributed by atoms with E-state index in [0.717, 1.165) is 47.9 Å². The summed E-state index contributed by atoms with van der Waals surface area (Å²) in [6, 6.07) is 18.2. The number of anilines is 2. The van der Waals surface area contributed by atoms with E-state index in [4.69, 9.17) is 14.5 Å². The largest absolute Gasteiger partial charge is 0.486 e. The molecule has 2 aliphatic rings. The van der Waals surface area contributed by atoms with Crippen LogP contribution in [0.25, 0.3) is 11.0 Å². The Bertz CT molecular complexity index is 1230. The molecule has 4 aromatic rings. The number of nitrogens with zero attached hydrogens (tertiary/aromatic N) is 4. The highest BCUT2D eigenvalue weighted by Crippen LogP contribution is 2.33. The zero-order valence-corrected chi connectivity index (χ0v) is 16.9. The smallest absolute Gasteiger partial charge is 0.226 e. The van der Waals surface area contributed by atoms with E-state index in [1.165, 1.54) is 5.56 Å². The van der Waals surface area contributed by atoms with Crippen LogP contribution in [0, 0.1) is 0 Å². The minimum absolute atomic E-state index is 0.124. The van der Waals surface area contributed by atoms with Crippen LogP contribution in [0.1, 0.15) is 11.3 Å². The molecule has 2 aromatic carbocycles. The predicted octanol–water partition coefficient (Wildman–Crippen LogP) is 3.17. The summed E-state index contributed by atoms with van der Waals surface area (Å²) in [7, 11) is 0. The first kappa shape index (κ1) is 18.0. The molecule has 1 unspecified atom stereocenters. The van der Waals surface area contributed by atoms with Crippen molar-refractivity contribution in [2.24, 2.45) is 0 Å². The second-order valence-electron chi connectivity index (χ2n) is 7.81. The van der Waals surface area contributed by atoms with Crippen molar-refractivity contribution in [2.45, 2.75) is 19.1 Å². The van der Waals surface area contributed by atoms with Gasteiger partial charge in [0.1, 0.15) is 18.5 Å². The van der Waals surface area contributed by atoms with Gasteiger partial charge in [0, 0.05) is 19.5 Å². The van der Waals surface area contributed by atoms with Gasteiger partial charge in [-0.2, -0.15) is 15.1 Å². The summed E-state index contributed by atoms with van der Waals surface area (Å²) in [5.41, 5.74) is 3.04. The highest BCUT2D eigenvalue weighted by Gasteiger charge is 2.26. The third kappa shape index (κ3) is 3.39. The van der Waals surface area contributed by atoms with Crippen LogP contribution in [0.2, 0.25) is 0 Å². The number of H-pyrrole nitrogens is 1. The summed E-state index contributed by atoms with van der Waals surface area (Å²) < 4.78 is 11.8. The molecule has 1 atom stereocenters.